The Labute approximate surface area is 236 Å². The molecule has 0 aliphatic heterocycles. The van der Waals surface area contributed by atoms with Gasteiger partial charge in [0.15, 0.2) is 11.6 Å². The second-order valence-electron chi connectivity index (χ2n) is 9.60. The summed E-state index contributed by atoms with van der Waals surface area (Å²) in [5.41, 5.74) is -0.289. The number of anilines is 3. The van der Waals surface area contributed by atoms with Crippen molar-refractivity contribution >= 4 is 56.0 Å². The number of hydrogen-bond acceptors (Lipinski definition) is 6. The van der Waals surface area contributed by atoms with Gasteiger partial charge in [0.1, 0.15) is 11.6 Å². The lowest BCUT2D eigenvalue weighted by Gasteiger charge is -2.18. The Balaban J connectivity index is 1.49. The van der Waals surface area contributed by atoms with Gasteiger partial charge in [-0.25, -0.2) is 13.8 Å². The minimum Gasteiger partial charge on any atom is -0.349 e. The molecular weight excluding hydrogens is 645 g/mol. The maximum Gasteiger partial charge on any atom is 0.300 e. The molecule has 0 unspecified atom stereocenters. The fourth-order valence-electron chi connectivity index (χ4n) is 3.94. The van der Waals surface area contributed by atoms with Crippen molar-refractivity contribution in [3.05, 3.63) is 78.8 Å². The highest BCUT2D eigenvalue weighted by Crippen LogP contribution is 2.27. The molecule has 0 atom stereocenters. The standard InChI is InChI=1S/C25H25F2IN6O4S/c1-34-23(31-20-7-2-15(28)12-19(20)26)18(24(35)30-16-3-4-16)11-14(25(34)36)10-13-8-9-29-22(21(13)27)33-39(37,38)32-17-5-6-17/h2,7-9,11-12,16-17,31-32H,3-6,10H2,1H3,(H,29,33)(H,30,35). The maximum atomic E-state index is 15.3. The smallest absolute Gasteiger partial charge is 0.300 e. The van der Waals surface area contributed by atoms with Crippen molar-refractivity contribution in [3.8, 4) is 0 Å². The molecule has 39 heavy (non-hydrogen) atoms. The molecule has 3 aromatic rings. The average molecular weight is 670 g/mol. The van der Waals surface area contributed by atoms with E-state index < -0.39 is 39.1 Å². The van der Waals surface area contributed by atoms with Crippen LogP contribution in [0.4, 0.5) is 26.1 Å². The third kappa shape index (κ3) is 6.55. The molecule has 2 aromatic heterocycles. The predicted molar refractivity (Wildman–Crippen MR) is 150 cm³/mol. The van der Waals surface area contributed by atoms with E-state index >= 15 is 4.39 Å². The van der Waals surface area contributed by atoms with Crippen LogP contribution in [0.15, 0.2) is 41.3 Å². The largest absolute Gasteiger partial charge is 0.349 e. The van der Waals surface area contributed by atoms with E-state index in [1.807, 2.05) is 22.6 Å². The molecule has 2 aliphatic carbocycles. The van der Waals surface area contributed by atoms with Gasteiger partial charge < -0.3 is 10.6 Å². The number of rotatable bonds is 10. The van der Waals surface area contributed by atoms with Gasteiger partial charge in [-0.05, 0) is 84.2 Å². The predicted octanol–water partition coefficient (Wildman–Crippen LogP) is 3.30. The molecular formula is C25H25F2IN6O4S. The van der Waals surface area contributed by atoms with Gasteiger partial charge in [0.25, 0.3) is 11.5 Å². The molecule has 1 amide bonds. The molecule has 4 N–H and O–H groups in total. The summed E-state index contributed by atoms with van der Waals surface area (Å²) < 4.78 is 60.7. The van der Waals surface area contributed by atoms with Crippen molar-refractivity contribution in [3.63, 3.8) is 0 Å². The first-order valence-corrected chi connectivity index (χ1v) is 14.8. The summed E-state index contributed by atoms with van der Waals surface area (Å²) in [7, 11) is -2.60. The highest BCUT2D eigenvalue weighted by molar-refractivity contribution is 14.1. The number of nitrogens with one attached hydrogen (secondary N) is 4. The molecule has 5 rings (SSSR count). The Morgan fingerprint density at radius 1 is 1.10 bits per heavy atom. The lowest BCUT2D eigenvalue weighted by atomic mass is 10.0. The van der Waals surface area contributed by atoms with Crippen LogP contribution in [-0.2, 0) is 23.7 Å². The van der Waals surface area contributed by atoms with Gasteiger partial charge in [-0.1, -0.05) is 0 Å². The number of aromatic nitrogens is 2. The Morgan fingerprint density at radius 3 is 2.49 bits per heavy atom. The number of halogens is 3. The van der Waals surface area contributed by atoms with Crippen LogP contribution in [0.5, 0.6) is 0 Å². The quantitative estimate of drug-likeness (QED) is 0.245. The zero-order valence-corrected chi connectivity index (χ0v) is 23.7. The molecule has 14 heteroatoms. The highest BCUT2D eigenvalue weighted by Gasteiger charge is 2.29. The first-order chi connectivity index (χ1) is 18.5. The van der Waals surface area contributed by atoms with Gasteiger partial charge in [-0.15, -0.1) is 0 Å². The monoisotopic (exact) mass is 670 g/mol. The van der Waals surface area contributed by atoms with Crippen molar-refractivity contribution in [1.29, 1.82) is 0 Å². The minimum absolute atomic E-state index is 0.00385. The molecule has 0 bridgehead atoms. The lowest BCUT2D eigenvalue weighted by molar-refractivity contribution is 0.0951. The molecule has 206 valence electrons. The van der Waals surface area contributed by atoms with E-state index in [1.54, 1.807) is 6.07 Å². The Morgan fingerprint density at radius 2 is 1.82 bits per heavy atom. The third-order valence-corrected chi connectivity index (χ3v) is 8.09. The molecule has 2 fully saturated rings. The van der Waals surface area contributed by atoms with E-state index in [1.165, 1.54) is 42.1 Å². The van der Waals surface area contributed by atoms with Gasteiger partial charge in [-0.3, -0.25) is 18.9 Å². The normalized spacial score (nSPS) is 15.2. The fourth-order valence-corrected chi connectivity index (χ4v) is 5.52. The number of benzene rings is 1. The van der Waals surface area contributed by atoms with Gasteiger partial charge in [0.05, 0.1) is 11.3 Å². The number of hydrogen-bond donors (Lipinski definition) is 4. The molecule has 1 aromatic carbocycles. The molecule has 2 heterocycles. The van der Waals surface area contributed by atoms with Crippen molar-refractivity contribution in [1.82, 2.24) is 19.6 Å². The van der Waals surface area contributed by atoms with Crippen molar-refractivity contribution < 1.29 is 22.0 Å². The summed E-state index contributed by atoms with van der Waals surface area (Å²) in [5, 5.41) is 5.73. The second-order valence-corrected chi connectivity index (χ2v) is 12.3. The van der Waals surface area contributed by atoms with Crippen LogP contribution in [0, 0.1) is 15.2 Å². The van der Waals surface area contributed by atoms with Gasteiger partial charge >= 0.3 is 10.2 Å². The Bertz CT molecular complexity index is 1620. The van der Waals surface area contributed by atoms with E-state index in [2.05, 4.69) is 25.1 Å². The third-order valence-electron chi connectivity index (χ3n) is 6.31. The number of carbonyl (C=O) groups is 1. The van der Waals surface area contributed by atoms with E-state index in [0.29, 0.717) is 16.4 Å². The molecule has 2 saturated carbocycles. The number of pyridine rings is 2. The molecule has 2 aliphatic rings. The van der Waals surface area contributed by atoms with E-state index in [9.17, 15) is 22.4 Å². The van der Waals surface area contributed by atoms with Crippen molar-refractivity contribution in [2.75, 3.05) is 10.0 Å². The summed E-state index contributed by atoms with van der Waals surface area (Å²) in [4.78, 5) is 30.3. The summed E-state index contributed by atoms with van der Waals surface area (Å²) in [6, 6.07) is 7.02. The van der Waals surface area contributed by atoms with Crippen LogP contribution in [0.25, 0.3) is 0 Å². The van der Waals surface area contributed by atoms with Crippen molar-refractivity contribution in [2.45, 2.75) is 44.2 Å². The van der Waals surface area contributed by atoms with Crippen LogP contribution >= 0.6 is 22.6 Å². The number of nitrogens with zero attached hydrogens (tertiary/aromatic N) is 2. The Hall–Kier alpha value is -3.11. The average Bonchev–Trinajstić information content (AvgIpc) is 3.80. The first kappa shape index (κ1) is 27.5. The zero-order valence-electron chi connectivity index (χ0n) is 20.7. The fraction of sp³-hybridized carbons (Fsp3) is 0.320. The van der Waals surface area contributed by atoms with E-state index in [4.69, 9.17) is 0 Å². The van der Waals surface area contributed by atoms with E-state index in [-0.39, 0.29) is 46.7 Å². The summed E-state index contributed by atoms with van der Waals surface area (Å²) in [6.45, 7) is 0. The highest BCUT2D eigenvalue weighted by atomic mass is 127. The molecule has 0 saturated heterocycles. The van der Waals surface area contributed by atoms with E-state index in [0.717, 1.165) is 12.8 Å². The minimum atomic E-state index is -4.02. The van der Waals surface area contributed by atoms with Gasteiger partial charge in [0, 0.05) is 40.9 Å². The lowest BCUT2D eigenvalue weighted by Crippen LogP contribution is -2.32. The van der Waals surface area contributed by atoms with Crippen LogP contribution in [0.2, 0.25) is 0 Å². The first-order valence-electron chi connectivity index (χ1n) is 12.2. The Kier molecular flexibility index (Phi) is 7.61. The summed E-state index contributed by atoms with van der Waals surface area (Å²) in [5.74, 6) is -2.38. The topological polar surface area (TPSA) is 134 Å². The van der Waals surface area contributed by atoms with Crippen LogP contribution in [-0.4, -0.2) is 36.0 Å². The number of carbonyl (C=O) groups excluding carboxylic acids is 1. The molecule has 10 nitrogen and oxygen atoms in total. The second kappa shape index (κ2) is 10.8. The van der Waals surface area contributed by atoms with Gasteiger partial charge in [0.2, 0.25) is 0 Å². The van der Waals surface area contributed by atoms with Crippen LogP contribution < -0.4 is 25.6 Å². The van der Waals surface area contributed by atoms with Crippen LogP contribution in [0.3, 0.4) is 0 Å². The zero-order chi connectivity index (χ0) is 27.9. The summed E-state index contributed by atoms with van der Waals surface area (Å²) >= 11 is 1.97. The maximum absolute atomic E-state index is 15.3. The SMILES string of the molecule is Cn1c(Nc2ccc(I)cc2F)c(C(=O)NC2CC2)cc(Cc2ccnc(NS(=O)(=O)NC3CC3)c2F)c1=O. The van der Waals surface area contributed by atoms with Crippen molar-refractivity contribution in [2.24, 2.45) is 7.05 Å². The van der Waals surface area contributed by atoms with Gasteiger partial charge in [-0.2, -0.15) is 13.1 Å². The number of amides is 1. The van der Waals surface area contributed by atoms with Crippen LogP contribution in [0.1, 0.15) is 47.2 Å². The molecule has 0 radical (unpaired) electrons. The molecule has 0 spiro atoms. The summed E-state index contributed by atoms with van der Waals surface area (Å²) in [6.07, 6.45) is 4.06.